The molecular formula is C16H19Cl2NO5. The van der Waals surface area contributed by atoms with E-state index in [4.69, 9.17) is 33.0 Å². The number of benzene rings is 1. The number of hydrogen-bond donors (Lipinski definition) is 1. The van der Waals surface area contributed by atoms with E-state index in [1.165, 1.54) is 6.08 Å². The Kier molecular flexibility index (Phi) is 8.57. The summed E-state index contributed by atoms with van der Waals surface area (Å²) in [6, 6.07) is 3.29. The van der Waals surface area contributed by atoms with Crippen LogP contribution in [0, 0.1) is 10.1 Å². The zero-order valence-electron chi connectivity index (χ0n) is 13.3. The third-order valence-corrected chi connectivity index (χ3v) is 4.26. The maximum atomic E-state index is 10.9. The molecule has 6 nitrogen and oxygen atoms in total. The van der Waals surface area contributed by atoms with Crippen LogP contribution in [0.3, 0.4) is 0 Å². The molecule has 1 aromatic rings. The molecular weight excluding hydrogens is 357 g/mol. The molecule has 0 radical (unpaired) electrons. The molecule has 0 atom stereocenters. The summed E-state index contributed by atoms with van der Waals surface area (Å²) in [7, 11) is 0. The molecule has 0 aliphatic rings. The molecule has 0 aliphatic carbocycles. The highest BCUT2D eigenvalue weighted by atomic mass is 35.5. The predicted molar refractivity (Wildman–Crippen MR) is 92.5 cm³/mol. The molecule has 132 valence electrons. The van der Waals surface area contributed by atoms with E-state index in [1.54, 1.807) is 19.1 Å². The number of ether oxygens (including phenoxy) is 1. The number of carboxylic acid groups (broad SMARTS) is 1. The highest BCUT2D eigenvalue weighted by Crippen LogP contribution is 2.35. The molecule has 1 aromatic carbocycles. The Morgan fingerprint density at radius 1 is 1.29 bits per heavy atom. The molecule has 0 fully saturated rings. The molecule has 0 saturated heterocycles. The smallest absolute Gasteiger partial charge is 0.303 e. The molecule has 0 aliphatic heterocycles. The van der Waals surface area contributed by atoms with Crippen LogP contribution in [0.15, 0.2) is 23.9 Å². The van der Waals surface area contributed by atoms with Crippen LogP contribution >= 0.6 is 23.2 Å². The van der Waals surface area contributed by atoms with Crippen molar-refractivity contribution in [3.05, 3.63) is 49.6 Å². The van der Waals surface area contributed by atoms with Crippen molar-refractivity contribution in [2.75, 3.05) is 6.61 Å². The van der Waals surface area contributed by atoms with Gasteiger partial charge in [-0.3, -0.25) is 14.9 Å². The Labute approximate surface area is 150 Å². The SMILES string of the molecule is C/C=C(/Cc1ccc(OCCCCCC(=O)O)c(Cl)c1Cl)[N+](=O)[O-]. The minimum atomic E-state index is -0.809. The van der Waals surface area contributed by atoms with Gasteiger partial charge in [0.2, 0.25) is 5.70 Å². The van der Waals surface area contributed by atoms with Gasteiger partial charge in [0.1, 0.15) is 10.8 Å². The van der Waals surface area contributed by atoms with Crippen LogP contribution < -0.4 is 4.74 Å². The third kappa shape index (κ3) is 6.37. The molecule has 0 spiro atoms. The van der Waals surface area contributed by atoms with Crippen molar-refractivity contribution in [3.8, 4) is 5.75 Å². The minimum Gasteiger partial charge on any atom is -0.492 e. The summed E-state index contributed by atoms with van der Waals surface area (Å²) in [5.41, 5.74) is 0.598. The average molecular weight is 376 g/mol. The van der Waals surface area contributed by atoms with Gasteiger partial charge in [-0.05, 0) is 43.9 Å². The topological polar surface area (TPSA) is 89.7 Å². The lowest BCUT2D eigenvalue weighted by Gasteiger charge is -2.11. The summed E-state index contributed by atoms with van der Waals surface area (Å²) in [6.07, 6.45) is 3.68. The van der Waals surface area contributed by atoms with Gasteiger partial charge in [0, 0.05) is 6.42 Å². The monoisotopic (exact) mass is 375 g/mol. The quantitative estimate of drug-likeness (QED) is 0.362. The number of carboxylic acids is 1. The lowest BCUT2D eigenvalue weighted by atomic mass is 10.1. The van der Waals surface area contributed by atoms with Crippen molar-refractivity contribution in [2.24, 2.45) is 0 Å². The minimum absolute atomic E-state index is 0.0417. The Morgan fingerprint density at radius 2 is 2.00 bits per heavy atom. The molecule has 0 heterocycles. The summed E-state index contributed by atoms with van der Waals surface area (Å²) in [5.74, 6) is -0.400. The number of unbranched alkanes of at least 4 members (excludes halogenated alkanes) is 2. The molecule has 0 bridgehead atoms. The highest BCUT2D eigenvalue weighted by Gasteiger charge is 2.16. The Balaban J connectivity index is 2.61. The molecule has 0 amide bonds. The van der Waals surface area contributed by atoms with Crippen LogP contribution in [0.2, 0.25) is 10.0 Å². The summed E-state index contributed by atoms with van der Waals surface area (Å²) in [6.45, 7) is 1.99. The van der Waals surface area contributed by atoms with Crippen LogP contribution in [0.25, 0.3) is 0 Å². The number of allylic oxidation sites excluding steroid dienone is 2. The van der Waals surface area contributed by atoms with Crippen molar-refractivity contribution in [1.82, 2.24) is 0 Å². The zero-order chi connectivity index (χ0) is 18.1. The van der Waals surface area contributed by atoms with E-state index in [-0.39, 0.29) is 28.6 Å². The fourth-order valence-corrected chi connectivity index (χ4v) is 2.49. The first-order valence-corrected chi connectivity index (χ1v) is 8.23. The lowest BCUT2D eigenvalue weighted by Crippen LogP contribution is -2.04. The first-order chi connectivity index (χ1) is 11.4. The van der Waals surface area contributed by atoms with Gasteiger partial charge < -0.3 is 9.84 Å². The van der Waals surface area contributed by atoms with E-state index in [2.05, 4.69) is 0 Å². The summed E-state index contributed by atoms with van der Waals surface area (Å²) < 4.78 is 5.55. The van der Waals surface area contributed by atoms with E-state index in [9.17, 15) is 14.9 Å². The first-order valence-electron chi connectivity index (χ1n) is 7.47. The standard InChI is InChI=1S/C16H19Cl2NO5/c1-2-12(19(22)23)10-11-7-8-13(16(18)15(11)17)24-9-5-3-4-6-14(20)21/h2,7-8H,3-6,9-10H2,1H3,(H,20,21)/b12-2-. The highest BCUT2D eigenvalue weighted by molar-refractivity contribution is 6.43. The summed E-state index contributed by atoms with van der Waals surface area (Å²) in [4.78, 5) is 20.8. The number of halogens is 2. The van der Waals surface area contributed by atoms with Gasteiger partial charge in [-0.2, -0.15) is 0 Å². The van der Waals surface area contributed by atoms with Crippen LogP contribution in [0.4, 0.5) is 0 Å². The average Bonchev–Trinajstić information content (AvgIpc) is 2.53. The number of hydrogen-bond acceptors (Lipinski definition) is 4. The van der Waals surface area contributed by atoms with E-state index >= 15 is 0 Å². The van der Waals surface area contributed by atoms with Crippen molar-refractivity contribution >= 4 is 29.2 Å². The molecule has 1 N–H and O–H groups in total. The molecule has 0 saturated carbocycles. The summed E-state index contributed by atoms with van der Waals surface area (Å²) in [5, 5.41) is 19.9. The second-order valence-corrected chi connectivity index (χ2v) is 5.87. The van der Waals surface area contributed by atoms with Gasteiger partial charge in [0.25, 0.3) is 0 Å². The van der Waals surface area contributed by atoms with Gasteiger partial charge in [0.05, 0.1) is 23.0 Å². The normalized spacial score (nSPS) is 11.4. The Morgan fingerprint density at radius 3 is 2.58 bits per heavy atom. The third-order valence-electron chi connectivity index (χ3n) is 3.36. The van der Waals surface area contributed by atoms with Gasteiger partial charge in [-0.25, -0.2) is 0 Å². The van der Waals surface area contributed by atoms with E-state index < -0.39 is 10.9 Å². The van der Waals surface area contributed by atoms with Gasteiger partial charge in [-0.15, -0.1) is 0 Å². The van der Waals surface area contributed by atoms with Crippen LogP contribution in [0.1, 0.15) is 38.2 Å². The van der Waals surface area contributed by atoms with Crippen LogP contribution in [0.5, 0.6) is 5.75 Å². The molecule has 0 unspecified atom stereocenters. The van der Waals surface area contributed by atoms with E-state index in [1.807, 2.05) is 0 Å². The molecule has 24 heavy (non-hydrogen) atoms. The van der Waals surface area contributed by atoms with Crippen molar-refractivity contribution in [3.63, 3.8) is 0 Å². The van der Waals surface area contributed by atoms with Gasteiger partial charge >= 0.3 is 5.97 Å². The number of nitro groups is 1. The molecule has 1 rings (SSSR count). The number of aliphatic carboxylic acids is 1. The maximum absolute atomic E-state index is 10.9. The predicted octanol–water partition coefficient (Wildman–Crippen LogP) is 4.74. The van der Waals surface area contributed by atoms with Crippen LogP contribution in [-0.2, 0) is 11.2 Å². The van der Waals surface area contributed by atoms with Gasteiger partial charge in [-0.1, -0.05) is 29.3 Å². The Bertz CT molecular complexity index is 631. The second-order valence-electron chi connectivity index (χ2n) is 5.12. The van der Waals surface area contributed by atoms with E-state index in [0.29, 0.717) is 30.8 Å². The number of rotatable bonds is 10. The molecule has 8 heteroatoms. The van der Waals surface area contributed by atoms with Crippen LogP contribution in [-0.4, -0.2) is 22.6 Å². The van der Waals surface area contributed by atoms with Crippen molar-refractivity contribution in [2.45, 2.75) is 39.0 Å². The molecule has 0 aromatic heterocycles. The second kappa shape index (κ2) is 10.2. The first kappa shape index (κ1) is 20.3. The van der Waals surface area contributed by atoms with Crippen molar-refractivity contribution < 1.29 is 19.6 Å². The van der Waals surface area contributed by atoms with Gasteiger partial charge in [0.15, 0.2) is 0 Å². The zero-order valence-corrected chi connectivity index (χ0v) is 14.8. The fraction of sp³-hybridized carbons (Fsp3) is 0.438. The maximum Gasteiger partial charge on any atom is 0.303 e. The van der Waals surface area contributed by atoms with E-state index in [0.717, 1.165) is 6.42 Å². The lowest BCUT2D eigenvalue weighted by molar-refractivity contribution is -0.427. The Hall–Kier alpha value is -1.79. The summed E-state index contributed by atoms with van der Waals surface area (Å²) >= 11 is 12.3. The van der Waals surface area contributed by atoms with Crippen molar-refractivity contribution in [1.29, 1.82) is 0 Å². The largest absolute Gasteiger partial charge is 0.492 e. The fourth-order valence-electron chi connectivity index (χ4n) is 2.02. The number of nitrogens with zero attached hydrogens (tertiary/aromatic N) is 1. The number of carbonyl (C=O) groups is 1.